The van der Waals surface area contributed by atoms with Crippen molar-refractivity contribution >= 4 is 11.8 Å². The van der Waals surface area contributed by atoms with E-state index in [1.807, 2.05) is 18.2 Å². The first kappa shape index (κ1) is 15.4. The lowest BCUT2D eigenvalue weighted by atomic mass is 10.1. The van der Waals surface area contributed by atoms with Crippen LogP contribution in [0.3, 0.4) is 0 Å². The molecular weight excluding hydrogens is 316 g/mol. The van der Waals surface area contributed by atoms with Crippen molar-refractivity contribution in [2.75, 3.05) is 0 Å². The topological polar surface area (TPSA) is 89.4 Å². The molecular formula is C16H14N2O4S. The monoisotopic (exact) mass is 330 g/mol. The van der Waals surface area contributed by atoms with E-state index in [1.165, 1.54) is 23.4 Å². The Kier molecular flexibility index (Phi) is 4.77. The van der Waals surface area contributed by atoms with Gasteiger partial charge in [-0.2, -0.15) is 0 Å². The van der Waals surface area contributed by atoms with Crippen molar-refractivity contribution in [2.45, 2.75) is 23.8 Å². The van der Waals surface area contributed by atoms with E-state index in [0.717, 1.165) is 12.7 Å². The van der Waals surface area contributed by atoms with E-state index in [4.69, 9.17) is 13.9 Å². The highest BCUT2D eigenvalue weighted by Gasteiger charge is 2.09. The molecule has 3 aromatic rings. The molecule has 0 aliphatic heterocycles. The van der Waals surface area contributed by atoms with Gasteiger partial charge in [0.2, 0.25) is 11.3 Å². The van der Waals surface area contributed by atoms with Gasteiger partial charge in [-0.05, 0) is 12.0 Å². The van der Waals surface area contributed by atoms with Gasteiger partial charge in [-0.3, -0.25) is 4.79 Å². The Bertz CT molecular complexity index is 829. The minimum absolute atomic E-state index is 0.371. The quantitative estimate of drug-likeness (QED) is 0.695. The number of hydrogen-bond donors (Lipinski definition) is 1. The number of aromatic nitrogens is 2. The molecule has 0 fully saturated rings. The summed E-state index contributed by atoms with van der Waals surface area (Å²) in [7, 11) is 0. The van der Waals surface area contributed by atoms with E-state index in [-0.39, 0.29) is 0 Å². The van der Waals surface area contributed by atoms with Crippen molar-refractivity contribution in [1.82, 2.24) is 10.2 Å². The third-order valence-electron chi connectivity index (χ3n) is 3.12. The SMILES string of the molecule is O=c1cc(CSc2nnc(CCc3ccccc3)o2)occ1O. The zero-order valence-corrected chi connectivity index (χ0v) is 13.0. The number of thioether (sulfide) groups is 1. The summed E-state index contributed by atoms with van der Waals surface area (Å²) in [6.45, 7) is 0. The van der Waals surface area contributed by atoms with Crippen molar-refractivity contribution in [3.8, 4) is 5.75 Å². The van der Waals surface area contributed by atoms with Crippen LogP contribution in [0.5, 0.6) is 5.75 Å². The van der Waals surface area contributed by atoms with Crippen LogP contribution in [0.15, 0.2) is 61.5 Å². The lowest BCUT2D eigenvalue weighted by molar-refractivity contribution is 0.410. The molecule has 1 N–H and O–H groups in total. The fraction of sp³-hybridized carbons (Fsp3) is 0.188. The predicted octanol–water partition coefficient (Wildman–Crippen LogP) is 2.81. The summed E-state index contributed by atoms with van der Waals surface area (Å²) in [5, 5.41) is 17.5. The number of benzene rings is 1. The van der Waals surface area contributed by atoms with Crippen molar-refractivity contribution in [2.24, 2.45) is 0 Å². The van der Waals surface area contributed by atoms with Gasteiger partial charge in [0.25, 0.3) is 5.22 Å². The van der Waals surface area contributed by atoms with E-state index < -0.39 is 11.2 Å². The third kappa shape index (κ3) is 4.23. The molecule has 6 nitrogen and oxygen atoms in total. The van der Waals surface area contributed by atoms with Crippen LogP contribution in [-0.2, 0) is 18.6 Å². The van der Waals surface area contributed by atoms with Gasteiger partial charge in [-0.15, -0.1) is 10.2 Å². The molecule has 23 heavy (non-hydrogen) atoms. The molecule has 118 valence electrons. The first-order valence-corrected chi connectivity index (χ1v) is 7.99. The van der Waals surface area contributed by atoms with Crippen LogP contribution in [-0.4, -0.2) is 15.3 Å². The van der Waals surface area contributed by atoms with E-state index in [0.29, 0.717) is 29.0 Å². The molecule has 0 aliphatic rings. The number of hydrogen-bond acceptors (Lipinski definition) is 7. The number of nitrogens with zero attached hydrogens (tertiary/aromatic N) is 2. The summed E-state index contributed by atoms with van der Waals surface area (Å²) < 4.78 is 10.7. The van der Waals surface area contributed by atoms with Crippen LogP contribution < -0.4 is 5.43 Å². The first-order valence-electron chi connectivity index (χ1n) is 7.00. The van der Waals surface area contributed by atoms with Crippen molar-refractivity contribution in [3.63, 3.8) is 0 Å². The molecule has 0 radical (unpaired) electrons. The smallest absolute Gasteiger partial charge is 0.277 e. The molecule has 1 aromatic carbocycles. The molecule has 7 heteroatoms. The van der Waals surface area contributed by atoms with Gasteiger partial charge < -0.3 is 13.9 Å². The van der Waals surface area contributed by atoms with Gasteiger partial charge in [0, 0.05) is 12.5 Å². The third-order valence-corrected chi connectivity index (χ3v) is 3.96. The molecule has 0 amide bonds. The van der Waals surface area contributed by atoms with Crippen molar-refractivity contribution < 1.29 is 13.9 Å². The summed E-state index contributed by atoms with van der Waals surface area (Å²) in [4.78, 5) is 11.3. The van der Waals surface area contributed by atoms with Gasteiger partial charge in [0.15, 0.2) is 5.75 Å². The average Bonchev–Trinajstić information content (AvgIpc) is 3.03. The Labute approximate surface area is 136 Å². The Morgan fingerprint density at radius 2 is 1.96 bits per heavy atom. The molecule has 3 rings (SSSR count). The molecule has 2 heterocycles. The van der Waals surface area contributed by atoms with E-state index in [2.05, 4.69) is 22.3 Å². The second kappa shape index (κ2) is 7.15. The fourth-order valence-corrected chi connectivity index (χ4v) is 2.62. The van der Waals surface area contributed by atoms with Crippen LogP contribution >= 0.6 is 11.8 Å². The Morgan fingerprint density at radius 1 is 1.13 bits per heavy atom. The highest BCUT2D eigenvalue weighted by molar-refractivity contribution is 7.98. The van der Waals surface area contributed by atoms with Crippen molar-refractivity contribution in [1.29, 1.82) is 0 Å². The minimum Gasteiger partial charge on any atom is -0.502 e. The van der Waals surface area contributed by atoms with Gasteiger partial charge in [-0.1, -0.05) is 42.1 Å². The Morgan fingerprint density at radius 3 is 2.74 bits per heavy atom. The average molecular weight is 330 g/mol. The lowest BCUT2D eigenvalue weighted by Gasteiger charge is -1.98. The van der Waals surface area contributed by atoms with Crippen LogP contribution in [0.4, 0.5) is 0 Å². The van der Waals surface area contributed by atoms with Crippen molar-refractivity contribution in [3.05, 3.63) is 70.1 Å². The van der Waals surface area contributed by atoms with E-state index in [1.54, 1.807) is 0 Å². The minimum atomic E-state index is -0.471. The van der Waals surface area contributed by atoms with Crippen LogP contribution in [0, 0.1) is 0 Å². The summed E-state index contributed by atoms with van der Waals surface area (Å²) in [6, 6.07) is 11.3. The molecule has 0 saturated heterocycles. The molecule has 0 spiro atoms. The number of aromatic hydroxyl groups is 1. The van der Waals surface area contributed by atoms with Crippen LogP contribution in [0.2, 0.25) is 0 Å². The molecule has 0 atom stereocenters. The van der Waals surface area contributed by atoms with Gasteiger partial charge in [-0.25, -0.2) is 0 Å². The molecule has 0 bridgehead atoms. The molecule has 0 saturated carbocycles. The van der Waals surface area contributed by atoms with Gasteiger partial charge in [0.1, 0.15) is 12.0 Å². The molecule has 0 unspecified atom stereocenters. The van der Waals surface area contributed by atoms with Gasteiger partial charge in [0.05, 0.1) is 5.75 Å². The van der Waals surface area contributed by atoms with Crippen LogP contribution in [0.25, 0.3) is 0 Å². The predicted molar refractivity (Wildman–Crippen MR) is 84.4 cm³/mol. The highest BCUT2D eigenvalue weighted by atomic mass is 32.2. The fourth-order valence-electron chi connectivity index (χ4n) is 1.95. The standard InChI is InChI=1S/C16H14N2O4S/c19-13-8-12(21-9-14(13)20)10-23-16-18-17-15(22-16)7-6-11-4-2-1-3-5-11/h1-5,8-9,20H,6-7,10H2. The van der Waals surface area contributed by atoms with Gasteiger partial charge >= 0.3 is 0 Å². The second-order valence-corrected chi connectivity index (χ2v) is 5.76. The molecule has 0 aliphatic carbocycles. The van der Waals surface area contributed by atoms with Crippen LogP contribution in [0.1, 0.15) is 17.2 Å². The Balaban J connectivity index is 1.54. The zero-order valence-electron chi connectivity index (χ0n) is 12.1. The zero-order chi connectivity index (χ0) is 16.1. The maximum atomic E-state index is 11.3. The normalized spacial score (nSPS) is 10.8. The second-order valence-electron chi connectivity index (χ2n) is 4.83. The number of aryl methyl sites for hydroxylation is 2. The van der Waals surface area contributed by atoms with E-state index >= 15 is 0 Å². The lowest BCUT2D eigenvalue weighted by Crippen LogP contribution is -1.98. The maximum absolute atomic E-state index is 11.3. The summed E-state index contributed by atoms with van der Waals surface area (Å²) in [6.07, 6.45) is 2.53. The summed E-state index contributed by atoms with van der Waals surface area (Å²) >= 11 is 1.28. The highest BCUT2D eigenvalue weighted by Crippen LogP contribution is 2.21. The summed E-state index contributed by atoms with van der Waals surface area (Å²) in [5.41, 5.74) is 0.742. The van der Waals surface area contributed by atoms with E-state index in [9.17, 15) is 4.79 Å². The summed E-state index contributed by atoms with van der Waals surface area (Å²) in [5.74, 6) is 0.973. The number of rotatable bonds is 6. The molecule has 2 aromatic heterocycles. The largest absolute Gasteiger partial charge is 0.502 e. The first-order chi connectivity index (χ1) is 11.2. The Hall–Kier alpha value is -2.54. The maximum Gasteiger partial charge on any atom is 0.277 e.